The van der Waals surface area contributed by atoms with Gasteiger partial charge in [-0.15, -0.1) is 0 Å². The van der Waals surface area contributed by atoms with Crippen LogP contribution in [0.4, 0.5) is 10.1 Å². The SMILES string of the molecule is CCN(CC1CCC1)c1cccc(F)c1C(C)=O. The molecule has 2 rings (SSSR count). The summed E-state index contributed by atoms with van der Waals surface area (Å²) in [6.45, 7) is 5.22. The number of Topliss-reactive ketones (excluding diaryl/α,β-unsaturated/α-hetero) is 1. The highest BCUT2D eigenvalue weighted by Gasteiger charge is 2.23. The molecule has 0 N–H and O–H groups in total. The van der Waals surface area contributed by atoms with Gasteiger partial charge in [0.2, 0.25) is 0 Å². The van der Waals surface area contributed by atoms with Crippen LogP contribution in [-0.2, 0) is 0 Å². The van der Waals surface area contributed by atoms with Gasteiger partial charge in [0.15, 0.2) is 5.78 Å². The second-order valence-electron chi connectivity index (χ2n) is 5.03. The summed E-state index contributed by atoms with van der Waals surface area (Å²) in [4.78, 5) is 13.7. The monoisotopic (exact) mass is 249 g/mol. The average Bonchev–Trinajstić information content (AvgIpc) is 2.27. The minimum atomic E-state index is -0.410. The first-order valence-corrected chi connectivity index (χ1v) is 6.68. The smallest absolute Gasteiger partial charge is 0.164 e. The van der Waals surface area contributed by atoms with Gasteiger partial charge < -0.3 is 4.90 Å². The Labute approximate surface area is 108 Å². The zero-order chi connectivity index (χ0) is 13.1. The molecule has 0 bridgehead atoms. The van der Waals surface area contributed by atoms with Gasteiger partial charge in [0.25, 0.3) is 0 Å². The maximum absolute atomic E-state index is 13.8. The zero-order valence-electron chi connectivity index (χ0n) is 11.1. The molecule has 3 heteroatoms. The Kier molecular flexibility index (Phi) is 4.00. The van der Waals surface area contributed by atoms with Crippen molar-refractivity contribution in [3.05, 3.63) is 29.6 Å². The Morgan fingerprint density at radius 1 is 1.44 bits per heavy atom. The molecule has 0 amide bonds. The molecular formula is C15H20FNO. The lowest BCUT2D eigenvalue weighted by molar-refractivity contribution is 0.101. The van der Waals surface area contributed by atoms with E-state index < -0.39 is 5.82 Å². The van der Waals surface area contributed by atoms with Crippen LogP contribution in [0.25, 0.3) is 0 Å². The van der Waals surface area contributed by atoms with E-state index >= 15 is 0 Å². The van der Waals surface area contributed by atoms with Gasteiger partial charge in [-0.3, -0.25) is 4.79 Å². The highest BCUT2D eigenvalue weighted by molar-refractivity contribution is 6.00. The Balaban J connectivity index is 2.28. The van der Waals surface area contributed by atoms with Crippen molar-refractivity contribution in [1.29, 1.82) is 0 Å². The van der Waals surface area contributed by atoms with Gasteiger partial charge in [-0.2, -0.15) is 0 Å². The highest BCUT2D eigenvalue weighted by atomic mass is 19.1. The molecule has 0 spiro atoms. The maximum Gasteiger partial charge on any atom is 0.164 e. The first kappa shape index (κ1) is 13.1. The molecule has 0 aliphatic heterocycles. The Morgan fingerprint density at radius 2 is 2.17 bits per heavy atom. The fourth-order valence-corrected chi connectivity index (χ4v) is 2.51. The van der Waals surface area contributed by atoms with Crippen LogP contribution in [0.3, 0.4) is 0 Å². The van der Waals surface area contributed by atoms with Crippen molar-refractivity contribution in [3.63, 3.8) is 0 Å². The summed E-state index contributed by atoms with van der Waals surface area (Å²) in [7, 11) is 0. The van der Waals surface area contributed by atoms with Gasteiger partial charge in [0, 0.05) is 13.1 Å². The highest BCUT2D eigenvalue weighted by Crippen LogP contribution is 2.31. The number of rotatable bonds is 5. The van der Waals surface area contributed by atoms with Crippen LogP contribution in [0.5, 0.6) is 0 Å². The lowest BCUT2D eigenvalue weighted by Crippen LogP contribution is -2.33. The standard InChI is InChI=1S/C15H20FNO/c1-3-17(10-12-6-4-7-12)14-9-5-8-13(16)15(14)11(2)18/h5,8-9,12H,3-4,6-7,10H2,1-2H3. The van der Waals surface area contributed by atoms with Crippen molar-refractivity contribution in [1.82, 2.24) is 0 Å². The van der Waals surface area contributed by atoms with E-state index in [4.69, 9.17) is 0 Å². The molecule has 0 atom stereocenters. The first-order valence-electron chi connectivity index (χ1n) is 6.68. The molecule has 0 saturated heterocycles. The summed E-state index contributed by atoms with van der Waals surface area (Å²) >= 11 is 0. The molecule has 0 unspecified atom stereocenters. The molecule has 1 aromatic rings. The molecule has 0 radical (unpaired) electrons. The summed E-state index contributed by atoms with van der Waals surface area (Å²) in [5.74, 6) is 0.0928. The van der Waals surface area contributed by atoms with E-state index in [9.17, 15) is 9.18 Å². The van der Waals surface area contributed by atoms with Crippen molar-refractivity contribution in [3.8, 4) is 0 Å². The van der Waals surface area contributed by atoms with Crippen LogP contribution in [0.1, 0.15) is 43.5 Å². The number of hydrogen-bond donors (Lipinski definition) is 0. The summed E-state index contributed by atoms with van der Waals surface area (Å²) in [6, 6.07) is 4.89. The zero-order valence-corrected chi connectivity index (χ0v) is 11.1. The van der Waals surface area contributed by atoms with Crippen LogP contribution in [0.2, 0.25) is 0 Å². The lowest BCUT2D eigenvalue weighted by atomic mass is 9.85. The second kappa shape index (κ2) is 5.51. The average molecular weight is 249 g/mol. The number of halogens is 1. The number of nitrogens with zero attached hydrogens (tertiary/aromatic N) is 1. The molecule has 0 aromatic heterocycles. The van der Waals surface area contributed by atoms with E-state index in [2.05, 4.69) is 4.90 Å². The van der Waals surface area contributed by atoms with Gasteiger partial charge in [0.05, 0.1) is 11.3 Å². The van der Waals surface area contributed by atoms with Crippen molar-refractivity contribution in [2.75, 3.05) is 18.0 Å². The fourth-order valence-electron chi connectivity index (χ4n) is 2.51. The van der Waals surface area contributed by atoms with Gasteiger partial charge in [-0.05, 0) is 44.7 Å². The quantitative estimate of drug-likeness (QED) is 0.742. The molecule has 1 aliphatic rings. The second-order valence-corrected chi connectivity index (χ2v) is 5.03. The Hall–Kier alpha value is -1.38. The third-order valence-corrected chi connectivity index (χ3v) is 3.77. The van der Waals surface area contributed by atoms with E-state index in [0.29, 0.717) is 5.92 Å². The van der Waals surface area contributed by atoms with Gasteiger partial charge in [-0.1, -0.05) is 12.5 Å². The predicted octanol–water partition coefficient (Wildman–Crippen LogP) is 3.65. The van der Waals surface area contributed by atoms with Crippen molar-refractivity contribution in [2.45, 2.75) is 33.1 Å². The minimum Gasteiger partial charge on any atom is -0.371 e. The molecule has 1 aliphatic carbocycles. The maximum atomic E-state index is 13.8. The lowest BCUT2D eigenvalue weighted by Gasteiger charge is -2.34. The van der Waals surface area contributed by atoms with Crippen LogP contribution in [0, 0.1) is 11.7 Å². The summed E-state index contributed by atoms with van der Waals surface area (Å²) in [5.41, 5.74) is 0.982. The van der Waals surface area contributed by atoms with E-state index in [1.807, 2.05) is 13.0 Å². The molecule has 1 fully saturated rings. The molecule has 98 valence electrons. The van der Waals surface area contributed by atoms with Crippen LogP contribution >= 0.6 is 0 Å². The topological polar surface area (TPSA) is 20.3 Å². The summed E-state index contributed by atoms with van der Waals surface area (Å²) < 4.78 is 13.8. The minimum absolute atomic E-state index is 0.199. The summed E-state index contributed by atoms with van der Waals surface area (Å²) in [6.07, 6.45) is 3.80. The van der Waals surface area contributed by atoms with Crippen LogP contribution in [0.15, 0.2) is 18.2 Å². The van der Waals surface area contributed by atoms with Crippen LogP contribution < -0.4 is 4.90 Å². The number of ketones is 1. The molecule has 1 aromatic carbocycles. The molecule has 18 heavy (non-hydrogen) atoms. The Morgan fingerprint density at radius 3 is 2.67 bits per heavy atom. The number of benzene rings is 1. The number of hydrogen-bond acceptors (Lipinski definition) is 2. The molecule has 1 saturated carbocycles. The fraction of sp³-hybridized carbons (Fsp3) is 0.533. The van der Waals surface area contributed by atoms with Crippen molar-refractivity contribution in [2.24, 2.45) is 5.92 Å². The third kappa shape index (κ3) is 2.55. The normalized spacial score (nSPS) is 15.3. The number of carbonyl (C=O) groups excluding carboxylic acids is 1. The van der Waals surface area contributed by atoms with Crippen LogP contribution in [-0.4, -0.2) is 18.9 Å². The Bertz CT molecular complexity index is 440. The molecule has 0 heterocycles. The van der Waals surface area contributed by atoms with Gasteiger partial charge in [0.1, 0.15) is 5.82 Å². The predicted molar refractivity (Wildman–Crippen MR) is 71.6 cm³/mol. The van der Waals surface area contributed by atoms with Crippen molar-refractivity contribution >= 4 is 11.5 Å². The number of carbonyl (C=O) groups is 1. The van der Waals surface area contributed by atoms with E-state index in [0.717, 1.165) is 18.8 Å². The van der Waals surface area contributed by atoms with E-state index in [1.54, 1.807) is 6.07 Å². The molecule has 2 nitrogen and oxygen atoms in total. The number of anilines is 1. The van der Waals surface area contributed by atoms with Gasteiger partial charge in [-0.25, -0.2) is 4.39 Å². The van der Waals surface area contributed by atoms with Gasteiger partial charge >= 0.3 is 0 Å². The summed E-state index contributed by atoms with van der Waals surface area (Å²) in [5, 5.41) is 0. The van der Waals surface area contributed by atoms with E-state index in [-0.39, 0.29) is 11.3 Å². The largest absolute Gasteiger partial charge is 0.371 e. The van der Waals surface area contributed by atoms with Crippen molar-refractivity contribution < 1.29 is 9.18 Å². The first-order chi connectivity index (χ1) is 8.63. The molecular weight excluding hydrogens is 229 g/mol. The third-order valence-electron chi connectivity index (χ3n) is 3.77. The van der Waals surface area contributed by atoms with E-state index in [1.165, 1.54) is 32.3 Å².